The van der Waals surface area contributed by atoms with Crippen molar-refractivity contribution in [3.8, 4) is 0 Å². The summed E-state index contributed by atoms with van der Waals surface area (Å²) < 4.78 is 7.20. The van der Waals surface area contributed by atoms with Crippen LogP contribution in [0.2, 0.25) is 0 Å². The molecule has 30 heavy (non-hydrogen) atoms. The molecular formula is C22H24N4O4. The number of hydrogen-bond donors (Lipinski definition) is 2. The van der Waals surface area contributed by atoms with Crippen LogP contribution in [0.25, 0.3) is 17.0 Å². The van der Waals surface area contributed by atoms with Crippen molar-refractivity contribution >= 4 is 34.5 Å². The first-order valence-corrected chi connectivity index (χ1v) is 9.70. The van der Waals surface area contributed by atoms with Gasteiger partial charge in [-0.15, -0.1) is 0 Å². The SMILES string of the molecule is CCOC(=O)c1c(/C=C/C(=O)Nc2ccc3nc[nH]c(=O)c3c2)c(C)n(CC)c1C. The van der Waals surface area contributed by atoms with Crippen LogP contribution in [-0.4, -0.2) is 33.0 Å². The number of fused-ring (bicyclic) bond motifs is 1. The Labute approximate surface area is 173 Å². The van der Waals surface area contributed by atoms with Crippen LogP contribution < -0.4 is 10.9 Å². The second kappa shape index (κ2) is 8.77. The number of hydrogen-bond acceptors (Lipinski definition) is 5. The van der Waals surface area contributed by atoms with Crippen LogP contribution in [0.1, 0.15) is 41.2 Å². The Morgan fingerprint density at radius 3 is 2.70 bits per heavy atom. The number of rotatable bonds is 6. The van der Waals surface area contributed by atoms with Crippen LogP contribution >= 0.6 is 0 Å². The Morgan fingerprint density at radius 1 is 1.23 bits per heavy atom. The molecule has 0 aliphatic heterocycles. The topological polar surface area (TPSA) is 106 Å². The van der Waals surface area contributed by atoms with Crippen molar-refractivity contribution in [1.82, 2.24) is 14.5 Å². The highest BCUT2D eigenvalue weighted by atomic mass is 16.5. The molecule has 0 saturated heterocycles. The van der Waals surface area contributed by atoms with Crippen LogP contribution in [0.3, 0.4) is 0 Å². The van der Waals surface area contributed by atoms with Gasteiger partial charge in [0, 0.05) is 35.3 Å². The summed E-state index contributed by atoms with van der Waals surface area (Å²) in [6.45, 7) is 8.48. The van der Waals surface area contributed by atoms with Crippen molar-refractivity contribution in [3.63, 3.8) is 0 Å². The molecule has 0 radical (unpaired) electrons. The molecule has 2 aromatic heterocycles. The highest BCUT2D eigenvalue weighted by Crippen LogP contribution is 2.25. The van der Waals surface area contributed by atoms with Gasteiger partial charge in [0.25, 0.3) is 5.56 Å². The van der Waals surface area contributed by atoms with Crippen LogP contribution in [0.4, 0.5) is 5.69 Å². The van der Waals surface area contributed by atoms with E-state index in [9.17, 15) is 14.4 Å². The van der Waals surface area contributed by atoms with Crippen molar-refractivity contribution in [1.29, 1.82) is 0 Å². The molecule has 3 aromatic rings. The first-order valence-electron chi connectivity index (χ1n) is 9.70. The molecule has 8 heteroatoms. The van der Waals surface area contributed by atoms with E-state index in [2.05, 4.69) is 15.3 Å². The molecule has 2 N–H and O–H groups in total. The highest BCUT2D eigenvalue weighted by molar-refractivity contribution is 6.04. The number of ether oxygens (including phenoxy) is 1. The van der Waals surface area contributed by atoms with Gasteiger partial charge in [-0.2, -0.15) is 0 Å². The molecule has 1 amide bonds. The molecular weight excluding hydrogens is 384 g/mol. The monoisotopic (exact) mass is 408 g/mol. The minimum atomic E-state index is -0.411. The first kappa shape index (κ1) is 21.0. The van der Waals surface area contributed by atoms with E-state index in [0.717, 1.165) is 11.4 Å². The van der Waals surface area contributed by atoms with Gasteiger partial charge in [0.05, 0.1) is 29.4 Å². The Balaban J connectivity index is 1.88. The van der Waals surface area contributed by atoms with Gasteiger partial charge in [0.1, 0.15) is 0 Å². The van der Waals surface area contributed by atoms with Gasteiger partial charge in [-0.25, -0.2) is 9.78 Å². The van der Waals surface area contributed by atoms with Crippen LogP contribution in [-0.2, 0) is 16.1 Å². The van der Waals surface area contributed by atoms with Gasteiger partial charge >= 0.3 is 5.97 Å². The third-order valence-corrected chi connectivity index (χ3v) is 4.94. The second-order valence-electron chi connectivity index (χ2n) is 6.71. The number of carbonyl (C=O) groups is 2. The maximum atomic E-state index is 12.5. The van der Waals surface area contributed by atoms with Crippen molar-refractivity contribution in [2.75, 3.05) is 11.9 Å². The Kier molecular flexibility index (Phi) is 6.15. The fourth-order valence-corrected chi connectivity index (χ4v) is 3.54. The number of amides is 1. The normalized spacial score (nSPS) is 11.2. The lowest BCUT2D eigenvalue weighted by Gasteiger charge is -2.05. The first-order chi connectivity index (χ1) is 14.4. The van der Waals surface area contributed by atoms with Gasteiger partial charge in [0.15, 0.2) is 0 Å². The number of anilines is 1. The Bertz CT molecular complexity index is 1200. The third-order valence-electron chi connectivity index (χ3n) is 4.94. The molecule has 0 saturated carbocycles. The van der Waals surface area contributed by atoms with E-state index in [-0.39, 0.29) is 18.1 Å². The van der Waals surface area contributed by atoms with Gasteiger partial charge in [-0.05, 0) is 52.0 Å². The molecule has 0 atom stereocenters. The summed E-state index contributed by atoms with van der Waals surface area (Å²) >= 11 is 0. The van der Waals surface area contributed by atoms with Crippen molar-refractivity contribution in [2.24, 2.45) is 0 Å². The number of aromatic nitrogens is 3. The molecule has 0 spiro atoms. The summed E-state index contributed by atoms with van der Waals surface area (Å²) in [6.07, 6.45) is 4.31. The van der Waals surface area contributed by atoms with Crippen LogP contribution in [0.15, 0.2) is 35.4 Å². The van der Waals surface area contributed by atoms with E-state index in [0.29, 0.717) is 34.3 Å². The average molecular weight is 408 g/mol. The van der Waals surface area contributed by atoms with E-state index < -0.39 is 5.97 Å². The third kappa shape index (κ3) is 4.03. The zero-order chi connectivity index (χ0) is 21.8. The largest absolute Gasteiger partial charge is 0.462 e. The Morgan fingerprint density at radius 2 is 2.00 bits per heavy atom. The summed E-state index contributed by atoms with van der Waals surface area (Å²) in [5.74, 6) is -0.794. The summed E-state index contributed by atoms with van der Waals surface area (Å²) in [5.41, 5.74) is 3.53. The summed E-state index contributed by atoms with van der Waals surface area (Å²) in [7, 11) is 0. The summed E-state index contributed by atoms with van der Waals surface area (Å²) in [5, 5.41) is 3.12. The van der Waals surface area contributed by atoms with Crippen molar-refractivity contribution in [2.45, 2.75) is 34.2 Å². The number of esters is 1. The number of benzene rings is 1. The summed E-state index contributed by atoms with van der Waals surface area (Å²) in [6, 6.07) is 4.91. The molecule has 3 rings (SSSR count). The van der Waals surface area contributed by atoms with Crippen LogP contribution in [0.5, 0.6) is 0 Å². The molecule has 0 fully saturated rings. The molecule has 0 aliphatic rings. The highest BCUT2D eigenvalue weighted by Gasteiger charge is 2.22. The van der Waals surface area contributed by atoms with Gasteiger partial charge < -0.3 is 19.6 Å². The van der Waals surface area contributed by atoms with E-state index in [4.69, 9.17) is 4.74 Å². The van der Waals surface area contributed by atoms with Gasteiger partial charge in [-0.3, -0.25) is 9.59 Å². The number of nitrogens with zero attached hydrogens (tertiary/aromatic N) is 2. The molecule has 0 aliphatic carbocycles. The lowest BCUT2D eigenvalue weighted by atomic mass is 10.1. The maximum Gasteiger partial charge on any atom is 0.340 e. The van der Waals surface area contributed by atoms with Crippen molar-refractivity contribution in [3.05, 3.63) is 63.5 Å². The van der Waals surface area contributed by atoms with Gasteiger partial charge in [0.2, 0.25) is 5.91 Å². The lowest BCUT2D eigenvalue weighted by Crippen LogP contribution is -2.10. The fourth-order valence-electron chi connectivity index (χ4n) is 3.54. The van der Waals surface area contributed by atoms with E-state index in [1.54, 1.807) is 31.2 Å². The summed E-state index contributed by atoms with van der Waals surface area (Å²) in [4.78, 5) is 43.4. The number of carbonyl (C=O) groups excluding carboxylic acids is 2. The molecule has 0 bridgehead atoms. The van der Waals surface area contributed by atoms with E-state index in [1.165, 1.54) is 12.4 Å². The lowest BCUT2D eigenvalue weighted by molar-refractivity contribution is -0.111. The van der Waals surface area contributed by atoms with Gasteiger partial charge in [-0.1, -0.05) is 0 Å². The number of nitrogens with one attached hydrogen (secondary N) is 2. The second-order valence-corrected chi connectivity index (χ2v) is 6.71. The zero-order valence-corrected chi connectivity index (χ0v) is 17.4. The minimum absolute atomic E-state index is 0.272. The fraction of sp³-hybridized carbons (Fsp3) is 0.273. The standard InChI is InChI=1S/C22H24N4O4/c1-5-26-13(3)16(20(14(26)4)22(29)30-6-2)8-10-19(27)25-15-7-9-18-17(11-15)21(28)24-12-23-18/h7-12H,5-6H2,1-4H3,(H,25,27)(H,23,24,28)/b10-8+. The molecule has 1 aromatic carbocycles. The zero-order valence-electron chi connectivity index (χ0n) is 17.4. The maximum absolute atomic E-state index is 12.5. The smallest absolute Gasteiger partial charge is 0.340 e. The van der Waals surface area contributed by atoms with E-state index in [1.807, 2.05) is 25.3 Å². The molecule has 0 unspecified atom stereocenters. The number of H-pyrrole nitrogens is 1. The van der Waals surface area contributed by atoms with Crippen molar-refractivity contribution < 1.29 is 14.3 Å². The minimum Gasteiger partial charge on any atom is -0.462 e. The molecule has 2 heterocycles. The van der Waals surface area contributed by atoms with E-state index >= 15 is 0 Å². The predicted octanol–water partition coefficient (Wildman–Crippen LogP) is 3.19. The van der Waals surface area contributed by atoms with Crippen LogP contribution in [0, 0.1) is 13.8 Å². The Hall–Kier alpha value is -3.68. The number of aromatic amines is 1. The average Bonchev–Trinajstić information content (AvgIpc) is 2.96. The quantitative estimate of drug-likeness (QED) is 0.481. The molecule has 8 nitrogen and oxygen atoms in total. The molecule has 156 valence electrons. The predicted molar refractivity (Wildman–Crippen MR) is 116 cm³/mol.